The summed E-state index contributed by atoms with van der Waals surface area (Å²) in [5.41, 5.74) is 0. The van der Waals surface area contributed by atoms with E-state index in [-0.39, 0.29) is 6.04 Å². The van der Waals surface area contributed by atoms with E-state index in [9.17, 15) is 8.42 Å². The molecule has 1 atom stereocenters. The molecule has 1 aromatic rings. The number of piperidine rings is 1. The fraction of sp³-hybridized carbons (Fsp3) is 0.600. The fourth-order valence-corrected chi connectivity index (χ4v) is 6.23. The minimum absolute atomic E-state index is 0.0772. The van der Waals surface area contributed by atoms with Gasteiger partial charge in [-0.2, -0.15) is 4.31 Å². The molecule has 0 N–H and O–H groups in total. The highest BCUT2D eigenvalue weighted by Crippen LogP contribution is 2.37. The Balaban J connectivity index is 2.35. The molecule has 3 nitrogen and oxygen atoms in total. The van der Waals surface area contributed by atoms with Crippen molar-refractivity contribution in [2.24, 2.45) is 0 Å². The fourth-order valence-electron chi connectivity index (χ4n) is 2.00. The van der Waals surface area contributed by atoms with Gasteiger partial charge in [0.1, 0.15) is 4.21 Å². The molecule has 2 rings (SSSR count). The van der Waals surface area contributed by atoms with Crippen LogP contribution in [0.1, 0.15) is 26.2 Å². The molecule has 0 saturated carbocycles. The first-order valence-electron chi connectivity index (χ1n) is 5.39. The van der Waals surface area contributed by atoms with Crippen molar-refractivity contribution in [3.05, 3.63) is 14.9 Å². The third-order valence-corrected chi connectivity index (χ3v) is 7.86. The number of sulfonamides is 1. The zero-order valence-electron chi connectivity index (χ0n) is 9.32. The van der Waals surface area contributed by atoms with E-state index in [2.05, 4.69) is 15.9 Å². The summed E-state index contributed by atoms with van der Waals surface area (Å²) in [6.45, 7) is 2.57. The van der Waals surface area contributed by atoms with Crippen LogP contribution in [-0.2, 0) is 10.0 Å². The molecule has 0 aromatic carbocycles. The van der Waals surface area contributed by atoms with Gasteiger partial charge >= 0.3 is 0 Å². The minimum atomic E-state index is -3.38. The van der Waals surface area contributed by atoms with Crippen molar-refractivity contribution in [2.45, 2.75) is 36.4 Å². The SMILES string of the molecule is CC1CCCCN1S(=O)(=O)c1cc(Cl)c(Br)s1. The highest BCUT2D eigenvalue weighted by atomic mass is 79.9. The van der Waals surface area contributed by atoms with E-state index in [0.717, 1.165) is 19.3 Å². The lowest BCUT2D eigenvalue weighted by atomic mass is 10.1. The number of rotatable bonds is 2. The van der Waals surface area contributed by atoms with Gasteiger partial charge in [0.15, 0.2) is 0 Å². The normalized spacial score (nSPS) is 22.9. The number of hydrogen-bond acceptors (Lipinski definition) is 3. The van der Waals surface area contributed by atoms with Crippen molar-refractivity contribution in [3.8, 4) is 0 Å². The Morgan fingerprint density at radius 1 is 1.53 bits per heavy atom. The summed E-state index contributed by atoms with van der Waals surface area (Å²) in [4.78, 5) is 0. The Bertz CT molecular complexity index is 495. The largest absolute Gasteiger partial charge is 0.252 e. The predicted molar refractivity (Wildman–Crippen MR) is 74.2 cm³/mol. The summed E-state index contributed by atoms with van der Waals surface area (Å²) in [7, 11) is -3.38. The molecule has 17 heavy (non-hydrogen) atoms. The number of nitrogens with zero attached hydrogens (tertiary/aromatic N) is 1. The maximum atomic E-state index is 12.4. The maximum Gasteiger partial charge on any atom is 0.252 e. The van der Waals surface area contributed by atoms with Crippen LogP contribution >= 0.6 is 38.9 Å². The van der Waals surface area contributed by atoms with Gasteiger partial charge in [-0.3, -0.25) is 0 Å². The van der Waals surface area contributed by atoms with Gasteiger partial charge in [0.05, 0.1) is 8.81 Å². The lowest BCUT2D eigenvalue weighted by Crippen LogP contribution is -2.41. The molecule has 0 radical (unpaired) electrons. The lowest BCUT2D eigenvalue weighted by molar-refractivity contribution is 0.269. The highest BCUT2D eigenvalue weighted by Gasteiger charge is 2.32. The Kier molecular flexibility index (Phi) is 4.20. The van der Waals surface area contributed by atoms with Gasteiger partial charge in [-0.05, 0) is 41.8 Å². The van der Waals surface area contributed by atoms with E-state index in [0.29, 0.717) is 19.6 Å². The molecular weight excluding hydrogens is 346 g/mol. The summed E-state index contributed by atoms with van der Waals surface area (Å²) in [6.07, 6.45) is 2.96. The molecule has 1 saturated heterocycles. The third-order valence-electron chi connectivity index (χ3n) is 2.93. The van der Waals surface area contributed by atoms with Crippen molar-refractivity contribution in [3.63, 3.8) is 0 Å². The molecule has 0 spiro atoms. The average molecular weight is 359 g/mol. The van der Waals surface area contributed by atoms with Gasteiger partial charge in [-0.15, -0.1) is 11.3 Å². The Hall–Kier alpha value is 0.380. The van der Waals surface area contributed by atoms with Crippen molar-refractivity contribution in [1.82, 2.24) is 4.31 Å². The van der Waals surface area contributed by atoms with Crippen LogP contribution < -0.4 is 0 Å². The zero-order chi connectivity index (χ0) is 12.6. The molecule has 7 heteroatoms. The highest BCUT2D eigenvalue weighted by molar-refractivity contribution is 9.11. The van der Waals surface area contributed by atoms with Crippen LogP contribution in [0.3, 0.4) is 0 Å². The van der Waals surface area contributed by atoms with Crippen molar-refractivity contribution in [2.75, 3.05) is 6.54 Å². The summed E-state index contributed by atoms with van der Waals surface area (Å²) in [5.74, 6) is 0. The van der Waals surface area contributed by atoms with E-state index in [1.54, 1.807) is 4.31 Å². The smallest absolute Gasteiger partial charge is 0.206 e. The van der Waals surface area contributed by atoms with Crippen molar-refractivity contribution < 1.29 is 8.42 Å². The molecule has 1 aromatic heterocycles. The lowest BCUT2D eigenvalue weighted by Gasteiger charge is -2.31. The van der Waals surface area contributed by atoms with Crippen LogP contribution in [0.2, 0.25) is 5.02 Å². The second kappa shape index (κ2) is 5.17. The molecular formula is C10H13BrClNO2S2. The quantitative estimate of drug-likeness (QED) is 0.808. The van der Waals surface area contributed by atoms with E-state index >= 15 is 0 Å². The number of hydrogen-bond donors (Lipinski definition) is 0. The molecule has 1 fully saturated rings. The monoisotopic (exact) mass is 357 g/mol. The Morgan fingerprint density at radius 3 is 2.76 bits per heavy atom. The molecule has 96 valence electrons. The first-order chi connectivity index (χ1) is 7.93. The van der Waals surface area contributed by atoms with Crippen molar-refractivity contribution >= 4 is 48.9 Å². The van der Waals surface area contributed by atoms with Crippen LogP contribution in [0.5, 0.6) is 0 Å². The van der Waals surface area contributed by atoms with Gasteiger partial charge in [-0.1, -0.05) is 18.0 Å². The van der Waals surface area contributed by atoms with E-state index in [1.165, 1.54) is 17.4 Å². The second-order valence-electron chi connectivity index (χ2n) is 4.15. The molecule has 1 aliphatic heterocycles. The topological polar surface area (TPSA) is 37.4 Å². The van der Waals surface area contributed by atoms with Gasteiger partial charge in [0.25, 0.3) is 10.0 Å². The van der Waals surface area contributed by atoms with Crippen LogP contribution in [0.25, 0.3) is 0 Å². The number of thiophene rings is 1. The first-order valence-corrected chi connectivity index (χ1v) is 8.82. The summed E-state index contributed by atoms with van der Waals surface area (Å²) >= 11 is 10.3. The molecule has 0 aliphatic carbocycles. The summed E-state index contributed by atoms with van der Waals surface area (Å²) in [6, 6.07) is 1.60. The second-order valence-corrected chi connectivity index (χ2v) is 9.04. The Morgan fingerprint density at radius 2 is 2.24 bits per heavy atom. The van der Waals surface area contributed by atoms with Gasteiger partial charge < -0.3 is 0 Å². The van der Waals surface area contributed by atoms with Crippen LogP contribution in [0, 0.1) is 0 Å². The van der Waals surface area contributed by atoms with Gasteiger partial charge in [0, 0.05) is 12.6 Å². The van der Waals surface area contributed by atoms with E-state index < -0.39 is 10.0 Å². The Labute approximate surface area is 119 Å². The molecule has 1 aliphatic rings. The zero-order valence-corrected chi connectivity index (χ0v) is 13.3. The summed E-state index contributed by atoms with van der Waals surface area (Å²) in [5, 5.41) is 0.457. The average Bonchev–Trinajstić information content (AvgIpc) is 2.60. The molecule has 1 unspecified atom stereocenters. The standard InChI is InChI=1S/C10H13BrClNO2S2/c1-7-4-2-3-5-13(7)17(14,15)9-6-8(12)10(11)16-9/h6-7H,2-5H2,1H3. The van der Waals surface area contributed by atoms with Crippen molar-refractivity contribution in [1.29, 1.82) is 0 Å². The molecule has 0 bridgehead atoms. The number of halogens is 2. The molecule has 0 amide bonds. The van der Waals surface area contributed by atoms with Crippen LogP contribution in [-0.4, -0.2) is 25.3 Å². The van der Waals surface area contributed by atoms with Crippen LogP contribution in [0.4, 0.5) is 0 Å². The predicted octanol–water partition coefficient (Wildman–Crippen LogP) is 3.73. The van der Waals surface area contributed by atoms with Gasteiger partial charge in [0.2, 0.25) is 0 Å². The minimum Gasteiger partial charge on any atom is -0.206 e. The maximum absolute atomic E-state index is 12.4. The third kappa shape index (κ3) is 2.71. The summed E-state index contributed by atoms with van der Waals surface area (Å²) < 4.78 is 27.4. The first kappa shape index (κ1) is 13.8. The van der Waals surface area contributed by atoms with E-state index in [4.69, 9.17) is 11.6 Å². The molecule has 2 heterocycles. The van der Waals surface area contributed by atoms with E-state index in [1.807, 2.05) is 6.92 Å². The van der Waals surface area contributed by atoms with Crippen LogP contribution in [0.15, 0.2) is 14.1 Å². The van der Waals surface area contributed by atoms with Gasteiger partial charge in [-0.25, -0.2) is 8.42 Å².